The SMILES string of the molecule is C#CCOc1nc(NC)nc(C)c1[N+](=O)[O-]. The summed E-state index contributed by atoms with van der Waals surface area (Å²) >= 11 is 0. The fourth-order valence-corrected chi connectivity index (χ4v) is 1.07. The second-order valence-corrected chi connectivity index (χ2v) is 2.79. The number of rotatable bonds is 4. The minimum absolute atomic E-state index is 0.0829. The van der Waals surface area contributed by atoms with Gasteiger partial charge in [-0.05, 0) is 6.92 Å². The van der Waals surface area contributed by atoms with Gasteiger partial charge in [-0.25, -0.2) is 4.98 Å². The maximum absolute atomic E-state index is 10.8. The van der Waals surface area contributed by atoms with Crippen LogP contribution in [0.5, 0.6) is 5.88 Å². The molecular weight excluding hydrogens is 212 g/mol. The number of aromatic nitrogens is 2. The molecule has 0 aromatic carbocycles. The number of nitrogens with one attached hydrogen (secondary N) is 1. The van der Waals surface area contributed by atoms with Crippen LogP contribution in [-0.2, 0) is 0 Å². The predicted octanol–water partition coefficient (Wildman–Crippen LogP) is 0.747. The van der Waals surface area contributed by atoms with Gasteiger partial charge in [-0.2, -0.15) is 4.98 Å². The molecule has 0 unspecified atom stereocenters. The molecule has 1 aromatic heterocycles. The Labute approximate surface area is 92.0 Å². The molecule has 0 aliphatic carbocycles. The van der Waals surface area contributed by atoms with Crippen LogP contribution in [0.3, 0.4) is 0 Å². The van der Waals surface area contributed by atoms with Crippen LogP contribution in [0, 0.1) is 29.4 Å². The van der Waals surface area contributed by atoms with Gasteiger partial charge in [-0.3, -0.25) is 10.1 Å². The van der Waals surface area contributed by atoms with E-state index in [2.05, 4.69) is 21.2 Å². The number of terminal acetylenes is 1. The highest BCUT2D eigenvalue weighted by molar-refractivity contribution is 5.48. The van der Waals surface area contributed by atoms with Crippen LogP contribution < -0.4 is 10.1 Å². The third kappa shape index (κ3) is 2.36. The monoisotopic (exact) mass is 222 g/mol. The number of anilines is 1. The van der Waals surface area contributed by atoms with Crippen molar-refractivity contribution in [3.05, 3.63) is 15.8 Å². The van der Waals surface area contributed by atoms with Crippen molar-refractivity contribution in [1.29, 1.82) is 0 Å². The van der Waals surface area contributed by atoms with Crippen molar-refractivity contribution in [2.75, 3.05) is 19.0 Å². The first kappa shape index (κ1) is 11.7. The third-order valence-corrected chi connectivity index (χ3v) is 1.72. The van der Waals surface area contributed by atoms with E-state index in [-0.39, 0.29) is 29.8 Å². The number of ether oxygens (including phenoxy) is 1. The molecule has 0 atom stereocenters. The zero-order valence-electron chi connectivity index (χ0n) is 8.85. The molecule has 0 spiro atoms. The van der Waals surface area contributed by atoms with Crippen LogP contribution in [0.1, 0.15) is 5.69 Å². The van der Waals surface area contributed by atoms with E-state index in [0.29, 0.717) is 0 Å². The van der Waals surface area contributed by atoms with Gasteiger partial charge < -0.3 is 10.1 Å². The zero-order valence-corrected chi connectivity index (χ0v) is 8.85. The van der Waals surface area contributed by atoms with Gasteiger partial charge in [0.05, 0.1) is 4.92 Å². The zero-order chi connectivity index (χ0) is 12.1. The molecule has 1 aromatic rings. The molecule has 0 saturated carbocycles. The summed E-state index contributed by atoms with van der Waals surface area (Å²) in [6, 6.07) is 0. The van der Waals surface area contributed by atoms with Crippen LogP contribution in [0.4, 0.5) is 11.6 Å². The number of nitro groups is 1. The molecule has 1 heterocycles. The normalized spacial score (nSPS) is 9.31. The molecule has 84 valence electrons. The van der Waals surface area contributed by atoms with Crippen molar-refractivity contribution in [2.45, 2.75) is 6.92 Å². The number of hydrogen-bond donors (Lipinski definition) is 1. The van der Waals surface area contributed by atoms with E-state index in [1.165, 1.54) is 6.92 Å². The fraction of sp³-hybridized carbons (Fsp3) is 0.333. The average Bonchev–Trinajstić information content (AvgIpc) is 2.24. The molecule has 0 amide bonds. The van der Waals surface area contributed by atoms with Crippen LogP contribution in [0.2, 0.25) is 0 Å². The Morgan fingerprint density at radius 3 is 2.81 bits per heavy atom. The first-order valence-corrected chi connectivity index (χ1v) is 4.37. The minimum atomic E-state index is -0.597. The lowest BCUT2D eigenvalue weighted by molar-refractivity contribution is -0.387. The largest absolute Gasteiger partial charge is 0.459 e. The summed E-state index contributed by atoms with van der Waals surface area (Å²) in [5.41, 5.74) is -0.0504. The van der Waals surface area contributed by atoms with E-state index in [9.17, 15) is 10.1 Å². The maximum Gasteiger partial charge on any atom is 0.352 e. The van der Waals surface area contributed by atoms with Gasteiger partial charge in [0.2, 0.25) is 5.95 Å². The van der Waals surface area contributed by atoms with Gasteiger partial charge in [0.25, 0.3) is 5.88 Å². The molecular formula is C9H10N4O3. The van der Waals surface area contributed by atoms with E-state index >= 15 is 0 Å². The quantitative estimate of drug-likeness (QED) is 0.459. The maximum atomic E-state index is 10.8. The number of nitrogens with zero attached hydrogens (tertiary/aromatic N) is 3. The van der Waals surface area contributed by atoms with Gasteiger partial charge in [-0.1, -0.05) is 5.92 Å². The average molecular weight is 222 g/mol. The molecule has 0 saturated heterocycles. The summed E-state index contributed by atoms with van der Waals surface area (Å²) in [5.74, 6) is 2.33. The van der Waals surface area contributed by atoms with Gasteiger partial charge in [0.1, 0.15) is 5.69 Å². The molecule has 1 N–H and O–H groups in total. The van der Waals surface area contributed by atoms with E-state index in [1.807, 2.05) is 0 Å². The molecule has 0 aliphatic rings. The van der Waals surface area contributed by atoms with Crippen molar-refractivity contribution in [3.8, 4) is 18.2 Å². The highest BCUT2D eigenvalue weighted by Gasteiger charge is 2.23. The molecule has 0 aliphatic heterocycles. The summed E-state index contributed by atoms with van der Waals surface area (Å²) in [6.07, 6.45) is 5.01. The first-order valence-electron chi connectivity index (χ1n) is 4.37. The second-order valence-electron chi connectivity index (χ2n) is 2.79. The Hall–Kier alpha value is -2.36. The second kappa shape index (κ2) is 4.93. The molecule has 0 fully saturated rings. The van der Waals surface area contributed by atoms with E-state index in [1.54, 1.807) is 7.05 Å². The van der Waals surface area contributed by atoms with E-state index < -0.39 is 4.92 Å². The van der Waals surface area contributed by atoms with E-state index in [0.717, 1.165) is 0 Å². The number of aryl methyl sites for hydroxylation is 1. The summed E-state index contributed by atoms with van der Waals surface area (Å²) in [7, 11) is 1.60. The van der Waals surface area contributed by atoms with Crippen LogP contribution >= 0.6 is 0 Å². The molecule has 7 heteroatoms. The smallest absolute Gasteiger partial charge is 0.352 e. The molecule has 0 bridgehead atoms. The van der Waals surface area contributed by atoms with Gasteiger partial charge in [0, 0.05) is 7.05 Å². The van der Waals surface area contributed by atoms with Gasteiger partial charge in [-0.15, -0.1) is 6.42 Å². The van der Waals surface area contributed by atoms with Gasteiger partial charge >= 0.3 is 5.69 Å². The van der Waals surface area contributed by atoms with Crippen LogP contribution in [0.25, 0.3) is 0 Å². The summed E-state index contributed by atoms with van der Waals surface area (Å²) in [4.78, 5) is 17.9. The third-order valence-electron chi connectivity index (χ3n) is 1.72. The molecule has 7 nitrogen and oxygen atoms in total. The summed E-state index contributed by atoms with van der Waals surface area (Å²) in [6.45, 7) is 1.42. The molecule has 16 heavy (non-hydrogen) atoms. The first-order chi connectivity index (χ1) is 7.60. The lowest BCUT2D eigenvalue weighted by Gasteiger charge is -2.06. The topological polar surface area (TPSA) is 90.2 Å². The Morgan fingerprint density at radius 2 is 2.31 bits per heavy atom. The van der Waals surface area contributed by atoms with Crippen molar-refractivity contribution in [3.63, 3.8) is 0 Å². The number of hydrogen-bond acceptors (Lipinski definition) is 6. The van der Waals surface area contributed by atoms with Crippen molar-refractivity contribution in [2.24, 2.45) is 0 Å². The van der Waals surface area contributed by atoms with Gasteiger partial charge in [0.15, 0.2) is 6.61 Å². The Bertz CT molecular complexity index is 453. The van der Waals surface area contributed by atoms with Crippen molar-refractivity contribution >= 4 is 11.6 Å². The van der Waals surface area contributed by atoms with Crippen molar-refractivity contribution < 1.29 is 9.66 Å². The van der Waals surface area contributed by atoms with Crippen LogP contribution in [-0.4, -0.2) is 28.5 Å². The molecule has 1 rings (SSSR count). The predicted molar refractivity (Wildman–Crippen MR) is 57.3 cm³/mol. The minimum Gasteiger partial charge on any atom is -0.459 e. The molecule has 0 radical (unpaired) electrons. The highest BCUT2D eigenvalue weighted by atomic mass is 16.6. The Kier molecular flexibility index (Phi) is 3.61. The standard InChI is InChI=1S/C9H10N4O3/c1-4-5-16-8-7(13(14)15)6(2)11-9(10-3)12-8/h1H,5H2,2-3H3,(H,10,11,12). The van der Waals surface area contributed by atoms with E-state index in [4.69, 9.17) is 11.2 Å². The van der Waals surface area contributed by atoms with Crippen LogP contribution in [0.15, 0.2) is 0 Å². The van der Waals surface area contributed by atoms with Crippen molar-refractivity contribution in [1.82, 2.24) is 9.97 Å². The summed E-state index contributed by atoms with van der Waals surface area (Å²) in [5, 5.41) is 13.5. The Morgan fingerprint density at radius 1 is 1.62 bits per heavy atom. The summed E-state index contributed by atoms with van der Waals surface area (Å²) < 4.78 is 5.00. The highest BCUT2D eigenvalue weighted by Crippen LogP contribution is 2.28. The Balaban J connectivity index is 3.24. The lowest BCUT2D eigenvalue weighted by atomic mass is 10.3. The fourth-order valence-electron chi connectivity index (χ4n) is 1.07. The lowest BCUT2D eigenvalue weighted by Crippen LogP contribution is -2.07.